The number of benzene rings is 2. The minimum atomic E-state index is -0.397. The number of azo groups is 1. The topological polar surface area (TPSA) is 115 Å². The second-order valence-corrected chi connectivity index (χ2v) is 8.08. The Labute approximate surface area is 199 Å². The van der Waals surface area contributed by atoms with Crippen LogP contribution in [0.3, 0.4) is 0 Å². The molecule has 0 aliphatic carbocycles. The molecule has 9 heteroatoms. The Bertz CT molecular complexity index is 1150. The number of carbonyl (C=O) groups is 1. The minimum absolute atomic E-state index is 0.0958. The molecule has 178 valence electrons. The zero-order valence-electron chi connectivity index (χ0n) is 19.8. The SMILES string of the molecule is CCCCCCNC(=O)Nc1nc(-c2ccc(N=Nc3ccc(N(C)C)cc3)cc2)cc(=O)[nH]1. The van der Waals surface area contributed by atoms with Gasteiger partial charge in [0.05, 0.1) is 17.1 Å². The number of urea groups is 1. The number of H-pyrrole nitrogens is 1. The largest absolute Gasteiger partial charge is 0.378 e. The standard InChI is InChI=1S/C25H31N7O2/c1-4-5-6-7-16-26-25(34)29-24-27-22(17-23(33)28-24)18-8-10-19(11-9-18)30-31-20-12-14-21(15-13-20)32(2)3/h8-15,17H,4-7,16H2,1-3H3,(H3,26,27,28,29,33,34). The molecule has 0 saturated heterocycles. The molecular weight excluding hydrogens is 430 g/mol. The van der Waals surface area contributed by atoms with E-state index in [0.29, 0.717) is 17.9 Å². The number of nitrogens with zero attached hydrogens (tertiary/aromatic N) is 4. The van der Waals surface area contributed by atoms with Crippen LogP contribution in [0.15, 0.2) is 69.6 Å². The van der Waals surface area contributed by atoms with Crippen LogP contribution in [0.4, 0.5) is 27.8 Å². The number of rotatable bonds is 10. The number of hydrogen-bond donors (Lipinski definition) is 3. The van der Waals surface area contributed by atoms with Crippen LogP contribution >= 0.6 is 0 Å². The lowest BCUT2D eigenvalue weighted by molar-refractivity contribution is 0.251. The maximum Gasteiger partial charge on any atom is 0.321 e. The van der Waals surface area contributed by atoms with Gasteiger partial charge in [0.15, 0.2) is 0 Å². The van der Waals surface area contributed by atoms with Gasteiger partial charge in [0, 0.05) is 38.0 Å². The smallest absolute Gasteiger partial charge is 0.321 e. The summed E-state index contributed by atoms with van der Waals surface area (Å²) in [5, 5.41) is 13.9. The van der Waals surface area contributed by atoms with Crippen LogP contribution in [0, 0.1) is 0 Å². The quantitative estimate of drug-likeness (QED) is 0.268. The maximum absolute atomic E-state index is 12.1. The molecule has 0 unspecified atom stereocenters. The Morgan fingerprint density at radius 2 is 1.62 bits per heavy atom. The molecule has 0 aliphatic heterocycles. The van der Waals surface area contributed by atoms with E-state index >= 15 is 0 Å². The molecule has 1 aromatic heterocycles. The fourth-order valence-corrected chi connectivity index (χ4v) is 3.20. The van der Waals surface area contributed by atoms with E-state index in [-0.39, 0.29) is 11.5 Å². The third-order valence-electron chi connectivity index (χ3n) is 5.10. The van der Waals surface area contributed by atoms with Crippen LogP contribution in [0.2, 0.25) is 0 Å². The van der Waals surface area contributed by atoms with Gasteiger partial charge in [0.25, 0.3) is 5.56 Å². The number of amides is 2. The summed E-state index contributed by atoms with van der Waals surface area (Å²) in [4.78, 5) is 33.1. The monoisotopic (exact) mass is 461 g/mol. The number of anilines is 2. The summed E-state index contributed by atoms with van der Waals surface area (Å²) < 4.78 is 0. The fraction of sp³-hybridized carbons (Fsp3) is 0.320. The highest BCUT2D eigenvalue weighted by Crippen LogP contribution is 2.24. The Kier molecular flexibility index (Phi) is 8.90. The Balaban J connectivity index is 1.63. The Hall–Kier alpha value is -4.01. The number of aromatic amines is 1. The van der Waals surface area contributed by atoms with Crippen molar-refractivity contribution in [1.82, 2.24) is 15.3 Å². The van der Waals surface area contributed by atoms with Crippen LogP contribution < -0.4 is 21.1 Å². The molecule has 2 aromatic carbocycles. The molecule has 2 amide bonds. The lowest BCUT2D eigenvalue weighted by atomic mass is 10.1. The number of hydrogen-bond acceptors (Lipinski definition) is 6. The molecule has 3 N–H and O–H groups in total. The van der Waals surface area contributed by atoms with Crippen LogP contribution in [0.1, 0.15) is 32.6 Å². The van der Waals surface area contributed by atoms with Crippen molar-refractivity contribution in [3.63, 3.8) is 0 Å². The van der Waals surface area contributed by atoms with Gasteiger partial charge in [0.1, 0.15) is 0 Å². The molecule has 0 atom stereocenters. The normalized spacial score (nSPS) is 10.9. The van der Waals surface area contributed by atoms with Crippen LogP contribution in [0.5, 0.6) is 0 Å². The lowest BCUT2D eigenvalue weighted by Crippen LogP contribution is -2.31. The first kappa shape index (κ1) is 24.6. The van der Waals surface area contributed by atoms with E-state index in [1.54, 1.807) is 12.1 Å². The molecule has 0 saturated carbocycles. The second-order valence-electron chi connectivity index (χ2n) is 8.08. The number of aromatic nitrogens is 2. The van der Waals surface area contributed by atoms with Crippen molar-refractivity contribution in [2.24, 2.45) is 10.2 Å². The number of carbonyl (C=O) groups excluding carboxylic acids is 1. The van der Waals surface area contributed by atoms with Crippen molar-refractivity contribution in [1.29, 1.82) is 0 Å². The first-order valence-corrected chi connectivity index (χ1v) is 11.4. The predicted molar refractivity (Wildman–Crippen MR) is 136 cm³/mol. The van der Waals surface area contributed by atoms with Crippen LogP contribution in [-0.2, 0) is 0 Å². The van der Waals surface area contributed by atoms with Gasteiger partial charge in [-0.1, -0.05) is 38.3 Å². The lowest BCUT2D eigenvalue weighted by Gasteiger charge is -2.11. The zero-order valence-corrected chi connectivity index (χ0v) is 19.8. The average molecular weight is 462 g/mol. The first-order valence-electron chi connectivity index (χ1n) is 11.4. The van der Waals surface area contributed by atoms with Gasteiger partial charge in [-0.3, -0.25) is 15.1 Å². The van der Waals surface area contributed by atoms with Gasteiger partial charge in [0.2, 0.25) is 5.95 Å². The van der Waals surface area contributed by atoms with E-state index in [4.69, 9.17) is 0 Å². The van der Waals surface area contributed by atoms with Crippen molar-refractivity contribution in [3.05, 3.63) is 65.0 Å². The van der Waals surface area contributed by atoms with E-state index in [1.165, 1.54) is 6.07 Å². The number of unbranched alkanes of at least 4 members (excludes halogenated alkanes) is 3. The molecule has 34 heavy (non-hydrogen) atoms. The Morgan fingerprint density at radius 1 is 0.971 bits per heavy atom. The molecule has 0 radical (unpaired) electrons. The third kappa shape index (κ3) is 7.54. The van der Waals surface area contributed by atoms with E-state index in [1.807, 2.05) is 55.4 Å². The van der Waals surface area contributed by atoms with Crippen molar-refractivity contribution in [2.45, 2.75) is 32.6 Å². The van der Waals surface area contributed by atoms with Crippen LogP contribution in [0.25, 0.3) is 11.3 Å². The summed E-state index contributed by atoms with van der Waals surface area (Å²) in [6.45, 7) is 2.71. The van der Waals surface area contributed by atoms with Crippen molar-refractivity contribution >= 4 is 29.0 Å². The average Bonchev–Trinajstić information content (AvgIpc) is 2.83. The summed E-state index contributed by atoms with van der Waals surface area (Å²) in [6, 6.07) is 16.0. The van der Waals surface area contributed by atoms with Crippen molar-refractivity contribution in [3.8, 4) is 11.3 Å². The van der Waals surface area contributed by atoms with E-state index in [9.17, 15) is 9.59 Å². The summed E-state index contributed by atoms with van der Waals surface area (Å²) in [5.41, 5.74) is 3.34. The Morgan fingerprint density at radius 3 is 2.24 bits per heavy atom. The van der Waals surface area contributed by atoms with Gasteiger partial charge in [-0.2, -0.15) is 10.2 Å². The highest BCUT2D eigenvalue weighted by molar-refractivity contribution is 5.87. The predicted octanol–water partition coefficient (Wildman–Crippen LogP) is 5.62. The zero-order chi connectivity index (χ0) is 24.3. The van der Waals surface area contributed by atoms with E-state index < -0.39 is 6.03 Å². The third-order valence-corrected chi connectivity index (χ3v) is 5.10. The molecule has 0 spiro atoms. The van der Waals surface area contributed by atoms with E-state index in [2.05, 4.69) is 37.8 Å². The summed E-state index contributed by atoms with van der Waals surface area (Å²) in [6.07, 6.45) is 4.26. The second kappa shape index (κ2) is 12.3. The molecule has 0 fully saturated rings. The molecule has 0 bridgehead atoms. The summed E-state index contributed by atoms with van der Waals surface area (Å²) in [5.74, 6) is 0.0958. The molecule has 0 aliphatic rings. The van der Waals surface area contributed by atoms with Gasteiger partial charge in [-0.05, 0) is 42.8 Å². The van der Waals surface area contributed by atoms with Crippen molar-refractivity contribution in [2.75, 3.05) is 30.9 Å². The van der Waals surface area contributed by atoms with Gasteiger partial charge < -0.3 is 10.2 Å². The molecule has 3 aromatic rings. The summed E-state index contributed by atoms with van der Waals surface area (Å²) in [7, 11) is 3.97. The maximum atomic E-state index is 12.1. The minimum Gasteiger partial charge on any atom is -0.378 e. The van der Waals surface area contributed by atoms with Gasteiger partial charge >= 0.3 is 6.03 Å². The van der Waals surface area contributed by atoms with Gasteiger partial charge in [-0.15, -0.1) is 0 Å². The molecule has 9 nitrogen and oxygen atoms in total. The molecule has 1 heterocycles. The van der Waals surface area contributed by atoms with Gasteiger partial charge in [-0.25, -0.2) is 9.78 Å². The van der Waals surface area contributed by atoms with E-state index in [0.717, 1.165) is 42.6 Å². The number of nitrogens with one attached hydrogen (secondary N) is 3. The van der Waals surface area contributed by atoms with Crippen molar-refractivity contribution < 1.29 is 4.79 Å². The summed E-state index contributed by atoms with van der Waals surface area (Å²) >= 11 is 0. The highest BCUT2D eigenvalue weighted by Gasteiger charge is 2.07. The fourth-order valence-electron chi connectivity index (χ4n) is 3.20. The first-order chi connectivity index (χ1) is 16.4. The highest BCUT2D eigenvalue weighted by atomic mass is 16.2. The van der Waals surface area contributed by atoms with Crippen LogP contribution in [-0.4, -0.2) is 36.6 Å². The molecule has 3 rings (SSSR count). The molecular formula is C25H31N7O2.